The van der Waals surface area contributed by atoms with Crippen molar-refractivity contribution in [2.24, 2.45) is 0 Å². The molecule has 0 fully saturated rings. The number of hydrogen-bond donors (Lipinski definition) is 1. The maximum atomic E-state index is 11.0. The number of rotatable bonds is 5. The van der Waals surface area contributed by atoms with Gasteiger partial charge in [0.15, 0.2) is 5.82 Å². The van der Waals surface area contributed by atoms with E-state index in [-0.39, 0.29) is 6.42 Å². The molecule has 2 rings (SSSR count). The van der Waals surface area contributed by atoms with Crippen molar-refractivity contribution in [1.82, 2.24) is 15.0 Å². The van der Waals surface area contributed by atoms with Crippen molar-refractivity contribution in [2.75, 3.05) is 0 Å². The summed E-state index contributed by atoms with van der Waals surface area (Å²) in [7, 11) is 0. The van der Waals surface area contributed by atoms with Crippen LogP contribution in [0.15, 0.2) is 22.8 Å². The standard InChI is InChI=1S/C15H16BrN3O2/c1-3-11-10(7-14(20)21)12(4-2)19-15(18-11)13-6-5-9(16)8-17-13/h5-6,8H,3-4,7H2,1-2H3,(H,20,21). The zero-order valence-corrected chi connectivity index (χ0v) is 13.5. The number of carboxylic acids is 1. The lowest BCUT2D eigenvalue weighted by Crippen LogP contribution is -2.12. The summed E-state index contributed by atoms with van der Waals surface area (Å²) in [5, 5.41) is 9.05. The average Bonchev–Trinajstić information content (AvgIpc) is 2.47. The van der Waals surface area contributed by atoms with E-state index in [1.54, 1.807) is 6.20 Å². The minimum atomic E-state index is -0.863. The molecular weight excluding hydrogens is 334 g/mol. The third-order valence-corrected chi connectivity index (χ3v) is 3.60. The number of hydrogen-bond acceptors (Lipinski definition) is 4. The van der Waals surface area contributed by atoms with E-state index in [2.05, 4.69) is 30.9 Å². The van der Waals surface area contributed by atoms with Gasteiger partial charge >= 0.3 is 5.97 Å². The smallest absolute Gasteiger partial charge is 0.307 e. The molecule has 1 N–H and O–H groups in total. The molecule has 2 heterocycles. The predicted molar refractivity (Wildman–Crippen MR) is 83.1 cm³/mol. The summed E-state index contributed by atoms with van der Waals surface area (Å²) in [6.07, 6.45) is 2.99. The first-order valence-electron chi connectivity index (χ1n) is 6.77. The van der Waals surface area contributed by atoms with Gasteiger partial charge in [0.1, 0.15) is 5.69 Å². The zero-order chi connectivity index (χ0) is 15.4. The molecule has 5 nitrogen and oxygen atoms in total. The Bertz CT molecular complexity index is 631. The van der Waals surface area contributed by atoms with Crippen molar-refractivity contribution in [3.63, 3.8) is 0 Å². The Morgan fingerprint density at radius 1 is 1.19 bits per heavy atom. The first kappa shape index (κ1) is 15.6. The lowest BCUT2D eigenvalue weighted by molar-refractivity contribution is -0.136. The van der Waals surface area contributed by atoms with Crippen LogP contribution in [0.2, 0.25) is 0 Å². The van der Waals surface area contributed by atoms with Gasteiger partial charge < -0.3 is 5.11 Å². The Morgan fingerprint density at radius 2 is 1.81 bits per heavy atom. The van der Waals surface area contributed by atoms with E-state index in [4.69, 9.17) is 5.11 Å². The van der Waals surface area contributed by atoms with E-state index in [9.17, 15) is 4.79 Å². The maximum Gasteiger partial charge on any atom is 0.307 e. The molecule has 0 aliphatic carbocycles. The fourth-order valence-electron chi connectivity index (χ4n) is 2.14. The molecule has 0 unspecified atom stereocenters. The molecule has 0 saturated carbocycles. The zero-order valence-electron chi connectivity index (χ0n) is 11.9. The van der Waals surface area contributed by atoms with Crippen LogP contribution in [0.3, 0.4) is 0 Å². The Morgan fingerprint density at radius 3 is 2.24 bits per heavy atom. The largest absolute Gasteiger partial charge is 0.481 e. The molecule has 21 heavy (non-hydrogen) atoms. The van der Waals surface area contributed by atoms with Crippen molar-refractivity contribution in [1.29, 1.82) is 0 Å². The first-order valence-corrected chi connectivity index (χ1v) is 7.56. The van der Waals surface area contributed by atoms with Crippen molar-refractivity contribution in [2.45, 2.75) is 33.1 Å². The molecule has 0 aromatic carbocycles. The molecular formula is C15H16BrN3O2. The van der Waals surface area contributed by atoms with Gasteiger partial charge in [-0.1, -0.05) is 13.8 Å². The van der Waals surface area contributed by atoms with Crippen LogP contribution in [0.5, 0.6) is 0 Å². The average molecular weight is 350 g/mol. The van der Waals surface area contributed by atoms with E-state index >= 15 is 0 Å². The highest BCUT2D eigenvalue weighted by Gasteiger charge is 2.16. The van der Waals surface area contributed by atoms with Gasteiger partial charge in [-0.3, -0.25) is 9.78 Å². The molecule has 0 saturated heterocycles. The van der Waals surface area contributed by atoms with Crippen LogP contribution in [-0.4, -0.2) is 26.0 Å². The van der Waals surface area contributed by atoms with E-state index in [0.717, 1.165) is 21.4 Å². The van der Waals surface area contributed by atoms with Gasteiger partial charge in [-0.25, -0.2) is 9.97 Å². The van der Waals surface area contributed by atoms with Gasteiger partial charge in [0.05, 0.1) is 6.42 Å². The number of carbonyl (C=O) groups is 1. The molecule has 0 amide bonds. The van der Waals surface area contributed by atoms with Gasteiger partial charge in [0, 0.05) is 27.6 Å². The van der Waals surface area contributed by atoms with Crippen LogP contribution < -0.4 is 0 Å². The number of halogens is 1. The van der Waals surface area contributed by atoms with Crippen molar-refractivity contribution >= 4 is 21.9 Å². The summed E-state index contributed by atoms with van der Waals surface area (Å²) in [6, 6.07) is 3.73. The number of aryl methyl sites for hydroxylation is 2. The number of aromatic nitrogens is 3. The second-order valence-electron chi connectivity index (χ2n) is 4.56. The summed E-state index contributed by atoms with van der Waals surface area (Å²) in [6.45, 7) is 3.93. The van der Waals surface area contributed by atoms with Crippen LogP contribution in [0.4, 0.5) is 0 Å². The molecule has 110 valence electrons. The fraction of sp³-hybridized carbons (Fsp3) is 0.333. The Hall–Kier alpha value is -1.82. The second kappa shape index (κ2) is 6.76. The van der Waals surface area contributed by atoms with Crippen LogP contribution in [0.1, 0.15) is 30.8 Å². The number of carboxylic acid groups (broad SMARTS) is 1. The lowest BCUT2D eigenvalue weighted by atomic mass is 10.0. The van der Waals surface area contributed by atoms with Gasteiger partial charge in [-0.15, -0.1) is 0 Å². The van der Waals surface area contributed by atoms with Gasteiger partial charge in [0.2, 0.25) is 0 Å². The minimum absolute atomic E-state index is 0.0413. The molecule has 0 radical (unpaired) electrons. The lowest BCUT2D eigenvalue weighted by Gasteiger charge is -2.12. The molecule has 0 aliphatic heterocycles. The first-order chi connectivity index (χ1) is 10.0. The molecule has 0 spiro atoms. The highest BCUT2D eigenvalue weighted by atomic mass is 79.9. The minimum Gasteiger partial charge on any atom is -0.481 e. The number of pyridine rings is 1. The number of aliphatic carboxylic acids is 1. The second-order valence-corrected chi connectivity index (χ2v) is 5.47. The Kier molecular flexibility index (Phi) is 5.01. The fourth-order valence-corrected chi connectivity index (χ4v) is 2.38. The molecule has 0 bridgehead atoms. The monoisotopic (exact) mass is 349 g/mol. The summed E-state index contributed by atoms with van der Waals surface area (Å²) < 4.78 is 0.889. The van der Waals surface area contributed by atoms with Crippen LogP contribution >= 0.6 is 15.9 Å². The van der Waals surface area contributed by atoms with Gasteiger partial charge in [0.25, 0.3) is 0 Å². The highest BCUT2D eigenvalue weighted by molar-refractivity contribution is 9.10. The Labute approximate surface area is 131 Å². The van der Waals surface area contributed by atoms with Gasteiger partial charge in [-0.2, -0.15) is 0 Å². The summed E-state index contributed by atoms with van der Waals surface area (Å²) in [5.74, 6) is -0.317. The quantitative estimate of drug-likeness (QED) is 0.897. The molecule has 0 aliphatic rings. The highest BCUT2D eigenvalue weighted by Crippen LogP contribution is 2.21. The third-order valence-electron chi connectivity index (χ3n) is 3.13. The van der Waals surface area contributed by atoms with E-state index in [1.807, 2.05) is 26.0 Å². The van der Waals surface area contributed by atoms with Gasteiger partial charge in [-0.05, 0) is 40.9 Å². The molecule has 6 heteroatoms. The third kappa shape index (κ3) is 3.64. The van der Waals surface area contributed by atoms with Crippen molar-refractivity contribution in [3.05, 3.63) is 39.8 Å². The van der Waals surface area contributed by atoms with E-state index < -0.39 is 5.97 Å². The SMILES string of the molecule is CCc1nc(-c2ccc(Br)cn2)nc(CC)c1CC(=O)O. The van der Waals surface area contributed by atoms with Crippen molar-refractivity contribution < 1.29 is 9.90 Å². The molecule has 0 atom stereocenters. The summed E-state index contributed by atoms with van der Waals surface area (Å²) in [4.78, 5) is 24.3. The van der Waals surface area contributed by atoms with E-state index in [0.29, 0.717) is 24.4 Å². The Balaban J connectivity index is 2.54. The van der Waals surface area contributed by atoms with Crippen LogP contribution in [0.25, 0.3) is 11.5 Å². The van der Waals surface area contributed by atoms with E-state index in [1.165, 1.54) is 0 Å². The predicted octanol–water partition coefficient (Wildman–Crippen LogP) is 3.05. The number of nitrogens with zero attached hydrogens (tertiary/aromatic N) is 3. The normalized spacial score (nSPS) is 10.6. The van der Waals surface area contributed by atoms with Crippen LogP contribution in [0, 0.1) is 0 Å². The van der Waals surface area contributed by atoms with Crippen molar-refractivity contribution in [3.8, 4) is 11.5 Å². The summed E-state index contributed by atoms with van der Waals surface area (Å²) in [5.41, 5.74) is 2.98. The summed E-state index contributed by atoms with van der Waals surface area (Å²) >= 11 is 3.34. The topological polar surface area (TPSA) is 76.0 Å². The molecule has 2 aromatic rings. The van der Waals surface area contributed by atoms with Crippen LogP contribution in [-0.2, 0) is 24.1 Å². The maximum absolute atomic E-state index is 11.0. The molecule has 2 aromatic heterocycles.